The van der Waals surface area contributed by atoms with Gasteiger partial charge in [-0.3, -0.25) is 4.72 Å². The largest absolute Gasteiger partial charge is 0.486 e. The molecule has 3 aromatic carbocycles. The number of nitrogens with zero attached hydrogens (tertiary/aromatic N) is 1. The molecule has 0 aliphatic carbocycles. The van der Waals surface area contributed by atoms with Crippen molar-refractivity contribution < 1.29 is 26.3 Å². The van der Waals surface area contributed by atoms with Crippen LogP contribution < -0.4 is 14.2 Å². The molecule has 0 atom stereocenters. The highest BCUT2D eigenvalue weighted by Gasteiger charge is 2.29. The summed E-state index contributed by atoms with van der Waals surface area (Å²) in [4.78, 5) is 0.301. The highest BCUT2D eigenvalue weighted by Crippen LogP contribution is 2.33. The number of ether oxygens (including phenoxy) is 2. The maximum atomic E-state index is 13.1. The molecule has 0 saturated heterocycles. The molecule has 0 saturated carbocycles. The standard InChI is InChI=1S/C24H24N2O6S2/c1-17-2-6-21(7-3-17)34(29,30)26-11-10-18-4-5-20(14-19(18)16-26)25-33(27,28)22-8-9-23-24(15-22)32-13-12-31-23/h2-9,14-15,25H,10-13,16H2,1H3. The number of hydrogen-bond donors (Lipinski definition) is 1. The van der Waals surface area contributed by atoms with Crippen molar-refractivity contribution in [1.82, 2.24) is 4.31 Å². The molecule has 8 nitrogen and oxygen atoms in total. The fourth-order valence-electron chi connectivity index (χ4n) is 4.06. The maximum absolute atomic E-state index is 13.1. The third kappa shape index (κ3) is 4.36. The second kappa shape index (κ2) is 8.61. The molecule has 0 aromatic heterocycles. The first-order chi connectivity index (χ1) is 16.2. The van der Waals surface area contributed by atoms with E-state index in [1.807, 2.05) is 13.0 Å². The number of rotatable bonds is 5. The summed E-state index contributed by atoms with van der Waals surface area (Å²) in [5.41, 5.74) is 3.11. The average molecular weight is 501 g/mol. The van der Waals surface area contributed by atoms with Crippen LogP contribution in [0.4, 0.5) is 5.69 Å². The van der Waals surface area contributed by atoms with Gasteiger partial charge in [0.05, 0.1) is 9.79 Å². The van der Waals surface area contributed by atoms with Crippen LogP contribution in [0, 0.1) is 6.92 Å². The highest BCUT2D eigenvalue weighted by atomic mass is 32.2. The Morgan fingerprint density at radius 3 is 2.26 bits per heavy atom. The zero-order valence-electron chi connectivity index (χ0n) is 18.5. The number of fused-ring (bicyclic) bond motifs is 2. The molecule has 0 fully saturated rings. The molecule has 0 unspecified atom stereocenters. The van der Waals surface area contributed by atoms with Gasteiger partial charge in [-0.2, -0.15) is 4.31 Å². The Morgan fingerprint density at radius 1 is 0.794 bits per heavy atom. The van der Waals surface area contributed by atoms with Crippen LogP contribution in [0.15, 0.2) is 70.5 Å². The van der Waals surface area contributed by atoms with Gasteiger partial charge in [0.1, 0.15) is 13.2 Å². The lowest BCUT2D eigenvalue weighted by Gasteiger charge is -2.28. The van der Waals surface area contributed by atoms with E-state index in [1.54, 1.807) is 42.5 Å². The molecule has 0 radical (unpaired) electrons. The first kappa shape index (κ1) is 22.7. The lowest BCUT2D eigenvalue weighted by Crippen LogP contribution is -2.36. The van der Waals surface area contributed by atoms with Gasteiger partial charge in [-0.25, -0.2) is 16.8 Å². The molecule has 2 heterocycles. The zero-order chi connectivity index (χ0) is 23.9. The molecular formula is C24H24N2O6S2. The highest BCUT2D eigenvalue weighted by molar-refractivity contribution is 7.92. The predicted molar refractivity (Wildman–Crippen MR) is 127 cm³/mol. The fraction of sp³-hybridized carbons (Fsp3) is 0.250. The number of hydrogen-bond acceptors (Lipinski definition) is 6. The van der Waals surface area contributed by atoms with Gasteiger partial charge in [-0.05, 0) is 60.9 Å². The third-order valence-electron chi connectivity index (χ3n) is 5.92. The normalized spacial score (nSPS) is 16.0. The Morgan fingerprint density at radius 2 is 1.50 bits per heavy atom. The molecule has 178 valence electrons. The van der Waals surface area contributed by atoms with Crippen LogP contribution in [0.2, 0.25) is 0 Å². The molecule has 5 rings (SSSR count). The van der Waals surface area contributed by atoms with Crippen LogP contribution in [0.25, 0.3) is 0 Å². The van der Waals surface area contributed by atoms with Crippen molar-refractivity contribution in [2.75, 3.05) is 24.5 Å². The van der Waals surface area contributed by atoms with Gasteiger partial charge in [0, 0.05) is 24.8 Å². The Bertz CT molecular complexity index is 1450. The lowest BCUT2D eigenvalue weighted by molar-refractivity contribution is 0.171. The fourth-order valence-corrected chi connectivity index (χ4v) is 6.55. The van der Waals surface area contributed by atoms with Crippen LogP contribution in [0.5, 0.6) is 11.5 Å². The molecule has 0 amide bonds. The summed E-state index contributed by atoms with van der Waals surface area (Å²) in [5.74, 6) is 0.894. The van der Waals surface area contributed by atoms with E-state index >= 15 is 0 Å². The van der Waals surface area contributed by atoms with Crippen molar-refractivity contribution in [1.29, 1.82) is 0 Å². The van der Waals surface area contributed by atoms with Gasteiger partial charge in [0.25, 0.3) is 10.0 Å². The monoisotopic (exact) mass is 500 g/mol. The molecular weight excluding hydrogens is 476 g/mol. The summed E-state index contributed by atoms with van der Waals surface area (Å²) in [6.07, 6.45) is 0.551. The van der Waals surface area contributed by atoms with Gasteiger partial charge in [0.2, 0.25) is 10.0 Å². The van der Waals surface area contributed by atoms with Crippen LogP contribution in [0.3, 0.4) is 0 Å². The van der Waals surface area contributed by atoms with Crippen LogP contribution in [0.1, 0.15) is 16.7 Å². The summed E-state index contributed by atoms with van der Waals surface area (Å²) < 4.78 is 67.2. The van der Waals surface area contributed by atoms with Crippen molar-refractivity contribution >= 4 is 25.7 Å². The van der Waals surface area contributed by atoms with Crippen LogP contribution >= 0.6 is 0 Å². The molecule has 34 heavy (non-hydrogen) atoms. The minimum atomic E-state index is -3.88. The lowest BCUT2D eigenvalue weighted by atomic mass is 10.0. The van der Waals surface area contributed by atoms with Gasteiger partial charge < -0.3 is 9.47 Å². The first-order valence-electron chi connectivity index (χ1n) is 10.8. The van der Waals surface area contributed by atoms with Crippen molar-refractivity contribution in [3.63, 3.8) is 0 Å². The number of nitrogens with one attached hydrogen (secondary N) is 1. The van der Waals surface area contributed by atoms with Gasteiger partial charge in [-0.1, -0.05) is 23.8 Å². The third-order valence-corrected chi connectivity index (χ3v) is 9.16. The molecule has 1 N–H and O–H groups in total. The number of anilines is 1. The quantitative estimate of drug-likeness (QED) is 0.577. The summed E-state index contributed by atoms with van der Waals surface area (Å²) in [6, 6.07) is 16.5. The van der Waals surface area contributed by atoms with E-state index in [0.717, 1.165) is 16.7 Å². The summed E-state index contributed by atoms with van der Waals surface area (Å²) in [5, 5.41) is 0. The van der Waals surface area contributed by atoms with Crippen LogP contribution in [-0.4, -0.2) is 40.9 Å². The van der Waals surface area contributed by atoms with E-state index in [2.05, 4.69) is 4.72 Å². The molecule has 0 bridgehead atoms. The van der Waals surface area contributed by atoms with Crippen molar-refractivity contribution in [3.05, 3.63) is 77.4 Å². The predicted octanol–water partition coefficient (Wildman–Crippen LogP) is 3.31. The SMILES string of the molecule is Cc1ccc(S(=O)(=O)N2CCc3ccc(NS(=O)(=O)c4ccc5c(c4)OCCO5)cc3C2)cc1. The van der Waals surface area contributed by atoms with E-state index in [-0.39, 0.29) is 16.3 Å². The number of benzene rings is 3. The van der Waals surface area contributed by atoms with Crippen molar-refractivity contribution in [3.8, 4) is 11.5 Å². The number of sulfonamides is 2. The smallest absolute Gasteiger partial charge is 0.262 e. The zero-order valence-corrected chi connectivity index (χ0v) is 20.2. The molecule has 3 aromatic rings. The van der Waals surface area contributed by atoms with Crippen molar-refractivity contribution in [2.45, 2.75) is 29.7 Å². The van der Waals surface area contributed by atoms with E-state index in [1.165, 1.54) is 16.4 Å². The minimum absolute atomic E-state index is 0.0537. The van der Waals surface area contributed by atoms with E-state index < -0.39 is 20.0 Å². The molecule has 2 aliphatic heterocycles. The topological polar surface area (TPSA) is 102 Å². The van der Waals surface area contributed by atoms with Crippen molar-refractivity contribution in [2.24, 2.45) is 0 Å². The van der Waals surface area contributed by atoms with Gasteiger partial charge in [0.15, 0.2) is 11.5 Å². The summed E-state index contributed by atoms with van der Waals surface area (Å²) >= 11 is 0. The van der Waals surface area contributed by atoms with E-state index in [4.69, 9.17) is 9.47 Å². The van der Waals surface area contributed by atoms with Gasteiger partial charge >= 0.3 is 0 Å². The van der Waals surface area contributed by atoms with E-state index in [0.29, 0.717) is 43.4 Å². The van der Waals surface area contributed by atoms with Crippen LogP contribution in [-0.2, 0) is 33.0 Å². The second-order valence-electron chi connectivity index (χ2n) is 8.30. The molecule has 0 spiro atoms. The Hall–Kier alpha value is -3.08. The summed E-state index contributed by atoms with van der Waals surface area (Å²) in [7, 11) is -7.53. The average Bonchev–Trinajstić information content (AvgIpc) is 2.83. The maximum Gasteiger partial charge on any atom is 0.262 e. The molecule has 2 aliphatic rings. The Labute approximate surface area is 199 Å². The Kier molecular flexibility index (Phi) is 5.75. The Balaban J connectivity index is 1.38. The second-order valence-corrected chi connectivity index (χ2v) is 11.9. The number of aryl methyl sites for hydroxylation is 1. The van der Waals surface area contributed by atoms with E-state index in [9.17, 15) is 16.8 Å². The molecule has 10 heteroatoms. The summed E-state index contributed by atoms with van der Waals surface area (Å²) in [6.45, 7) is 3.22. The first-order valence-corrected chi connectivity index (χ1v) is 13.8. The van der Waals surface area contributed by atoms with Gasteiger partial charge in [-0.15, -0.1) is 0 Å². The minimum Gasteiger partial charge on any atom is -0.486 e.